The molecule has 0 bridgehead atoms. The number of hydrogen-bond donors (Lipinski definition) is 0. The second-order valence-electron chi connectivity index (χ2n) is 5.52. The molecule has 1 saturated heterocycles. The fourth-order valence-corrected chi connectivity index (χ4v) is 3.35. The Bertz CT molecular complexity index is 697. The third kappa shape index (κ3) is 3.37. The molecule has 1 aliphatic rings. The molecule has 0 radical (unpaired) electrons. The van der Waals surface area contributed by atoms with E-state index in [1.807, 2.05) is 26.8 Å². The number of rotatable bonds is 3. The Hall–Kier alpha value is -1.93. The van der Waals surface area contributed by atoms with Gasteiger partial charge in [-0.05, 0) is 37.9 Å². The zero-order chi connectivity index (χ0) is 16.4. The highest BCUT2D eigenvalue weighted by atomic mass is 32.1. The first-order valence-corrected chi connectivity index (χ1v) is 8.40. The minimum atomic E-state index is -0.294. The third-order valence-electron chi connectivity index (χ3n) is 3.73. The normalized spacial score (nSPS) is 18.2. The van der Waals surface area contributed by atoms with Gasteiger partial charge in [0.15, 0.2) is 5.82 Å². The summed E-state index contributed by atoms with van der Waals surface area (Å²) < 4.78 is 9.68. The largest absolute Gasteiger partial charge is 0.367 e. The monoisotopic (exact) mass is 333 g/mol. The Morgan fingerprint density at radius 2 is 2.13 bits per heavy atom. The van der Waals surface area contributed by atoms with Crippen molar-refractivity contribution in [1.82, 2.24) is 24.5 Å². The lowest BCUT2D eigenvalue weighted by atomic mass is 10.2. The first-order valence-electron chi connectivity index (χ1n) is 7.62. The number of ether oxygens (including phenoxy) is 1. The number of nitrogens with zero attached hydrogens (tertiary/aromatic N) is 5. The number of morpholine rings is 1. The lowest BCUT2D eigenvalue weighted by molar-refractivity contribution is -0.0268. The van der Waals surface area contributed by atoms with Crippen LogP contribution in [0.3, 0.4) is 0 Å². The van der Waals surface area contributed by atoms with Gasteiger partial charge < -0.3 is 9.64 Å². The SMILES string of the molecule is CCc1nnsc1C(=O)N1CCOC(c2nc(C)cc(C)n2)C1. The van der Waals surface area contributed by atoms with Crippen LogP contribution in [0.1, 0.15) is 45.6 Å². The van der Waals surface area contributed by atoms with Gasteiger partial charge in [0.1, 0.15) is 11.0 Å². The summed E-state index contributed by atoms with van der Waals surface area (Å²) in [5, 5.41) is 4.02. The molecular formula is C15H19N5O2S. The van der Waals surface area contributed by atoms with Crippen molar-refractivity contribution in [2.24, 2.45) is 0 Å². The maximum atomic E-state index is 12.7. The zero-order valence-corrected chi connectivity index (χ0v) is 14.3. The molecular weight excluding hydrogens is 314 g/mol. The molecule has 0 aromatic carbocycles. The van der Waals surface area contributed by atoms with Gasteiger partial charge in [-0.15, -0.1) is 5.10 Å². The Morgan fingerprint density at radius 1 is 1.39 bits per heavy atom. The first kappa shape index (κ1) is 15.9. The van der Waals surface area contributed by atoms with E-state index in [4.69, 9.17) is 4.74 Å². The summed E-state index contributed by atoms with van der Waals surface area (Å²) in [6.45, 7) is 7.31. The van der Waals surface area contributed by atoms with Crippen molar-refractivity contribution in [3.05, 3.63) is 33.8 Å². The van der Waals surface area contributed by atoms with Gasteiger partial charge in [-0.25, -0.2) is 9.97 Å². The molecule has 1 unspecified atom stereocenters. The summed E-state index contributed by atoms with van der Waals surface area (Å²) in [7, 11) is 0. The quantitative estimate of drug-likeness (QED) is 0.851. The summed E-state index contributed by atoms with van der Waals surface area (Å²) in [5.74, 6) is 0.604. The van der Waals surface area contributed by atoms with E-state index in [2.05, 4.69) is 19.6 Å². The molecule has 23 heavy (non-hydrogen) atoms. The number of amides is 1. The van der Waals surface area contributed by atoms with Crippen molar-refractivity contribution < 1.29 is 9.53 Å². The Labute approximate surface area is 138 Å². The van der Waals surface area contributed by atoms with E-state index in [1.165, 1.54) is 0 Å². The second kappa shape index (κ2) is 6.67. The maximum Gasteiger partial charge on any atom is 0.267 e. The van der Waals surface area contributed by atoms with Crippen molar-refractivity contribution in [3.63, 3.8) is 0 Å². The molecule has 0 spiro atoms. The van der Waals surface area contributed by atoms with E-state index >= 15 is 0 Å². The van der Waals surface area contributed by atoms with Crippen LogP contribution in [0.15, 0.2) is 6.07 Å². The van der Waals surface area contributed by atoms with Crippen LogP contribution in [0, 0.1) is 13.8 Å². The molecule has 8 heteroatoms. The van der Waals surface area contributed by atoms with Gasteiger partial charge in [-0.1, -0.05) is 11.4 Å². The molecule has 7 nitrogen and oxygen atoms in total. The highest BCUT2D eigenvalue weighted by Gasteiger charge is 2.30. The predicted octanol–water partition coefficient (Wildman–Crippen LogP) is 1.72. The Morgan fingerprint density at radius 3 is 2.83 bits per heavy atom. The summed E-state index contributed by atoms with van der Waals surface area (Å²) in [6.07, 6.45) is 0.406. The first-order chi connectivity index (χ1) is 11.1. The lowest BCUT2D eigenvalue weighted by Gasteiger charge is -2.32. The molecule has 1 atom stereocenters. The van der Waals surface area contributed by atoms with Crippen LogP contribution in [0.4, 0.5) is 0 Å². The summed E-state index contributed by atoms with van der Waals surface area (Å²) in [5.41, 5.74) is 2.56. The standard InChI is InChI=1S/C15H19N5O2S/c1-4-11-13(23-19-18-11)15(21)20-5-6-22-12(8-20)14-16-9(2)7-10(3)17-14/h7,12H,4-6,8H2,1-3H3. The van der Waals surface area contributed by atoms with E-state index in [-0.39, 0.29) is 12.0 Å². The fourth-order valence-electron chi connectivity index (χ4n) is 2.63. The topological polar surface area (TPSA) is 81.1 Å². The molecule has 1 aliphatic heterocycles. The number of carbonyl (C=O) groups is 1. The number of aromatic nitrogens is 4. The molecule has 3 rings (SSSR count). The van der Waals surface area contributed by atoms with Crippen LogP contribution in [0.5, 0.6) is 0 Å². The Kier molecular flexibility index (Phi) is 4.63. The van der Waals surface area contributed by atoms with E-state index < -0.39 is 0 Å². The Balaban J connectivity index is 1.79. The molecule has 2 aromatic rings. The average molecular weight is 333 g/mol. The highest BCUT2D eigenvalue weighted by Crippen LogP contribution is 2.23. The maximum absolute atomic E-state index is 12.7. The fraction of sp³-hybridized carbons (Fsp3) is 0.533. The zero-order valence-electron chi connectivity index (χ0n) is 13.4. The molecule has 2 aromatic heterocycles. The van der Waals surface area contributed by atoms with Gasteiger partial charge in [0.05, 0.1) is 18.8 Å². The molecule has 122 valence electrons. The van der Waals surface area contributed by atoms with E-state index in [0.717, 1.165) is 28.6 Å². The lowest BCUT2D eigenvalue weighted by Crippen LogP contribution is -2.42. The van der Waals surface area contributed by atoms with Crippen LogP contribution >= 0.6 is 11.5 Å². The molecule has 0 saturated carbocycles. The van der Waals surface area contributed by atoms with Crippen LogP contribution < -0.4 is 0 Å². The van der Waals surface area contributed by atoms with Gasteiger partial charge in [0.25, 0.3) is 5.91 Å². The molecule has 1 amide bonds. The van der Waals surface area contributed by atoms with Crippen molar-refractivity contribution >= 4 is 17.4 Å². The van der Waals surface area contributed by atoms with Crippen molar-refractivity contribution in [2.45, 2.75) is 33.3 Å². The van der Waals surface area contributed by atoms with E-state index in [1.54, 1.807) is 4.90 Å². The number of aryl methyl sites for hydroxylation is 3. The van der Waals surface area contributed by atoms with Gasteiger partial charge in [-0.2, -0.15) is 0 Å². The highest BCUT2D eigenvalue weighted by molar-refractivity contribution is 7.08. The van der Waals surface area contributed by atoms with Gasteiger partial charge in [-0.3, -0.25) is 4.79 Å². The van der Waals surface area contributed by atoms with E-state index in [9.17, 15) is 4.79 Å². The van der Waals surface area contributed by atoms with Crippen molar-refractivity contribution in [1.29, 1.82) is 0 Å². The minimum Gasteiger partial charge on any atom is -0.367 e. The van der Waals surface area contributed by atoms with Crippen LogP contribution in [0.25, 0.3) is 0 Å². The summed E-state index contributed by atoms with van der Waals surface area (Å²) in [4.78, 5) is 24.0. The molecule has 1 fully saturated rings. The molecule has 0 N–H and O–H groups in total. The smallest absolute Gasteiger partial charge is 0.267 e. The average Bonchev–Trinajstić information content (AvgIpc) is 3.02. The van der Waals surface area contributed by atoms with Crippen LogP contribution in [-0.4, -0.2) is 50.1 Å². The molecule has 3 heterocycles. The molecule has 0 aliphatic carbocycles. The van der Waals surface area contributed by atoms with Crippen LogP contribution in [0.2, 0.25) is 0 Å². The number of carbonyl (C=O) groups excluding carboxylic acids is 1. The predicted molar refractivity (Wildman–Crippen MR) is 85.4 cm³/mol. The second-order valence-corrected chi connectivity index (χ2v) is 6.28. The summed E-state index contributed by atoms with van der Waals surface area (Å²) in [6, 6.07) is 1.92. The van der Waals surface area contributed by atoms with Gasteiger partial charge >= 0.3 is 0 Å². The van der Waals surface area contributed by atoms with Crippen molar-refractivity contribution in [3.8, 4) is 0 Å². The minimum absolute atomic E-state index is 0.0328. The number of hydrogen-bond acceptors (Lipinski definition) is 7. The van der Waals surface area contributed by atoms with Crippen molar-refractivity contribution in [2.75, 3.05) is 19.7 Å². The van der Waals surface area contributed by atoms with E-state index in [0.29, 0.717) is 36.8 Å². The van der Waals surface area contributed by atoms with Gasteiger partial charge in [0, 0.05) is 17.9 Å². The van der Waals surface area contributed by atoms with Gasteiger partial charge in [0.2, 0.25) is 0 Å². The van der Waals surface area contributed by atoms with Crippen LogP contribution in [-0.2, 0) is 11.2 Å². The summed E-state index contributed by atoms with van der Waals surface area (Å²) >= 11 is 1.15. The third-order valence-corrected chi connectivity index (χ3v) is 4.48.